The van der Waals surface area contributed by atoms with E-state index in [9.17, 15) is 14.3 Å². The minimum atomic E-state index is -1.02. The van der Waals surface area contributed by atoms with Gasteiger partial charge in [0.05, 0.1) is 11.2 Å². The largest absolute Gasteiger partial charge is 0.399 e. The summed E-state index contributed by atoms with van der Waals surface area (Å²) in [5.41, 5.74) is 4.60. The molecule has 4 nitrogen and oxygen atoms in total. The minimum Gasteiger partial charge on any atom is -0.399 e. The molecule has 1 aromatic carbocycles. The zero-order valence-electron chi connectivity index (χ0n) is 10.2. The fourth-order valence-corrected chi connectivity index (χ4v) is 1.56. The van der Waals surface area contributed by atoms with Crippen molar-refractivity contribution in [1.29, 1.82) is 0 Å². The van der Waals surface area contributed by atoms with E-state index < -0.39 is 17.3 Å². The Kier molecular flexibility index (Phi) is 3.72. The number of halogens is 1. The van der Waals surface area contributed by atoms with Gasteiger partial charge in [-0.25, -0.2) is 4.39 Å². The van der Waals surface area contributed by atoms with Gasteiger partial charge in [-0.3, -0.25) is 4.79 Å². The van der Waals surface area contributed by atoms with E-state index in [1.165, 1.54) is 24.1 Å². The maximum atomic E-state index is 13.5. The molecule has 0 saturated carbocycles. The number of likely N-dealkylation sites (N-methyl/N-ethyl adjacent to an activating group) is 1. The number of rotatable bonds is 3. The van der Waals surface area contributed by atoms with E-state index in [0.717, 1.165) is 6.07 Å². The van der Waals surface area contributed by atoms with Gasteiger partial charge < -0.3 is 15.7 Å². The van der Waals surface area contributed by atoms with E-state index in [0.29, 0.717) is 0 Å². The molecule has 0 unspecified atom stereocenters. The molecule has 0 atom stereocenters. The van der Waals surface area contributed by atoms with Crippen molar-refractivity contribution in [2.24, 2.45) is 0 Å². The molecule has 0 aliphatic carbocycles. The molecular weight excluding hydrogens is 223 g/mol. The van der Waals surface area contributed by atoms with Crippen LogP contribution in [-0.4, -0.2) is 35.1 Å². The van der Waals surface area contributed by atoms with Crippen LogP contribution in [-0.2, 0) is 0 Å². The Morgan fingerprint density at radius 3 is 2.59 bits per heavy atom. The van der Waals surface area contributed by atoms with E-state index in [1.54, 1.807) is 13.8 Å². The fourth-order valence-electron chi connectivity index (χ4n) is 1.56. The van der Waals surface area contributed by atoms with Gasteiger partial charge >= 0.3 is 0 Å². The maximum Gasteiger partial charge on any atom is 0.256 e. The molecule has 1 aromatic rings. The van der Waals surface area contributed by atoms with Crippen molar-refractivity contribution >= 4 is 11.6 Å². The summed E-state index contributed by atoms with van der Waals surface area (Å²) in [6, 6.07) is 3.91. The van der Waals surface area contributed by atoms with Crippen molar-refractivity contribution in [3.63, 3.8) is 0 Å². The van der Waals surface area contributed by atoms with Crippen molar-refractivity contribution in [3.8, 4) is 0 Å². The highest BCUT2D eigenvalue weighted by atomic mass is 19.1. The van der Waals surface area contributed by atoms with Crippen LogP contribution < -0.4 is 5.73 Å². The third-order valence-electron chi connectivity index (χ3n) is 2.19. The summed E-state index contributed by atoms with van der Waals surface area (Å²) in [6.45, 7) is 3.28. The molecule has 17 heavy (non-hydrogen) atoms. The highest BCUT2D eigenvalue weighted by Gasteiger charge is 2.22. The third-order valence-corrected chi connectivity index (χ3v) is 2.19. The van der Waals surface area contributed by atoms with Gasteiger partial charge in [0.25, 0.3) is 5.91 Å². The lowest BCUT2D eigenvalue weighted by Gasteiger charge is -2.25. The summed E-state index contributed by atoms with van der Waals surface area (Å²) in [5, 5.41) is 9.59. The minimum absolute atomic E-state index is 0.0500. The zero-order valence-corrected chi connectivity index (χ0v) is 10.2. The van der Waals surface area contributed by atoms with Gasteiger partial charge in [-0.05, 0) is 32.0 Å². The van der Waals surface area contributed by atoms with Crippen LogP contribution in [0.4, 0.5) is 10.1 Å². The Bertz CT molecular complexity index is 427. The molecule has 1 rings (SSSR count). The number of anilines is 1. The van der Waals surface area contributed by atoms with Gasteiger partial charge in [-0.1, -0.05) is 0 Å². The third kappa shape index (κ3) is 3.71. The second-order valence-corrected chi connectivity index (χ2v) is 4.71. The summed E-state index contributed by atoms with van der Waals surface area (Å²) < 4.78 is 13.5. The van der Waals surface area contributed by atoms with E-state index in [-0.39, 0.29) is 17.8 Å². The molecule has 0 bridgehead atoms. The first-order valence-electron chi connectivity index (χ1n) is 5.23. The van der Waals surface area contributed by atoms with Crippen LogP contribution in [0, 0.1) is 5.82 Å². The van der Waals surface area contributed by atoms with Crippen LogP contribution in [0.15, 0.2) is 18.2 Å². The maximum absolute atomic E-state index is 13.5. The Morgan fingerprint density at radius 2 is 2.12 bits per heavy atom. The number of aliphatic hydroxyl groups is 1. The predicted octanol–water partition coefficient (Wildman–Crippen LogP) is 1.25. The number of nitrogens with two attached hydrogens (primary N) is 1. The van der Waals surface area contributed by atoms with Crippen molar-refractivity contribution < 1.29 is 14.3 Å². The van der Waals surface area contributed by atoms with Crippen LogP contribution in [0.2, 0.25) is 0 Å². The smallest absolute Gasteiger partial charge is 0.256 e. The molecule has 0 aliphatic heterocycles. The molecule has 5 heteroatoms. The SMILES string of the molecule is CN(CC(C)(C)O)C(=O)c1ccc(N)cc1F. The molecule has 0 spiro atoms. The van der Waals surface area contributed by atoms with Crippen LogP contribution in [0.5, 0.6) is 0 Å². The first kappa shape index (κ1) is 13.4. The van der Waals surface area contributed by atoms with Gasteiger partial charge in [-0.2, -0.15) is 0 Å². The molecule has 0 aliphatic rings. The summed E-state index contributed by atoms with van der Waals surface area (Å²) in [4.78, 5) is 13.2. The number of carbonyl (C=O) groups is 1. The Labute approximate surface area is 99.8 Å². The number of amides is 1. The Balaban J connectivity index is 2.89. The normalized spacial score (nSPS) is 11.4. The van der Waals surface area contributed by atoms with Crippen LogP contribution in [0.1, 0.15) is 24.2 Å². The van der Waals surface area contributed by atoms with E-state index >= 15 is 0 Å². The zero-order chi connectivity index (χ0) is 13.2. The van der Waals surface area contributed by atoms with E-state index in [2.05, 4.69) is 0 Å². The van der Waals surface area contributed by atoms with Gasteiger partial charge in [-0.15, -0.1) is 0 Å². The lowest BCUT2D eigenvalue weighted by Crippen LogP contribution is -2.40. The van der Waals surface area contributed by atoms with Gasteiger partial charge in [0.1, 0.15) is 5.82 Å². The Hall–Kier alpha value is -1.62. The number of benzene rings is 1. The average Bonchev–Trinajstić information content (AvgIpc) is 2.14. The average molecular weight is 240 g/mol. The van der Waals surface area contributed by atoms with E-state index in [1.807, 2.05) is 0 Å². The van der Waals surface area contributed by atoms with Crippen molar-refractivity contribution in [1.82, 2.24) is 4.90 Å². The second kappa shape index (κ2) is 4.71. The molecule has 0 fully saturated rings. The van der Waals surface area contributed by atoms with Crippen LogP contribution in [0.3, 0.4) is 0 Å². The highest BCUT2D eigenvalue weighted by molar-refractivity contribution is 5.94. The summed E-state index contributed by atoms with van der Waals surface area (Å²) in [6.07, 6.45) is 0. The van der Waals surface area contributed by atoms with Crippen LogP contribution >= 0.6 is 0 Å². The first-order valence-corrected chi connectivity index (χ1v) is 5.23. The molecular formula is C12H17FN2O2. The number of hydrogen-bond acceptors (Lipinski definition) is 3. The van der Waals surface area contributed by atoms with Crippen molar-refractivity contribution in [3.05, 3.63) is 29.6 Å². The number of nitrogen functional groups attached to an aromatic ring is 1. The predicted molar refractivity (Wildman–Crippen MR) is 64.1 cm³/mol. The highest BCUT2D eigenvalue weighted by Crippen LogP contribution is 2.15. The molecule has 94 valence electrons. The lowest BCUT2D eigenvalue weighted by molar-refractivity contribution is 0.0365. The van der Waals surface area contributed by atoms with Gasteiger partial charge in [0, 0.05) is 19.3 Å². The molecule has 0 radical (unpaired) electrons. The van der Waals surface area contributed by atoms with Crippen molar-refractivity contribution in [2.45, 2.75) is 19.4 Å². The standard InChI is InChI=1S/C12H17FN2O2/c1-12(2,17)7-15(3)11(16)9-5-4-8(14)6-10(9)13/h4-6,17H,7,14H2,1-3H3. The monoisotopic (exact) mass is 240 g/mol. The van der Waals surface area contributed by atoms with Crippen LogP contribution in [0.25, 0.3) is 0 Å². The second-order valence-electron chi connectivity index (χ2n) is 4.71. The first-order chi connectivity index (χ1) is 7.70. The number of nitrogens with zero attached hydrogens (tertiary/aromatic N) is 1. The fraction of sp³-hybridized carbons (Fsp3) is 0.417. The van der Waals surface area contributed by atoms with E-state index in [4.69, 9.17) is 5.73 Å². The molecule has 0 saturated heterocycles. The molecule has 3 N–H and O–H groups in total. The number of hydrogen-bond donors (Lipinski definition) is 2. The summed E-state index contributed by atoms with van der Waals surface area (Å²) >= 11 is 0. The quantitative estimate of drug-likeness (QED) is 0.781. The summed E-state index contributed by atoms with van der Waals surface area (Å²) in [7, 11) is 1.51. The van der Waals surface area contributed by atoms with Gasteiger partial charge in [0.2, 0.25) is 0 Å². The topological polar surface area (TPSA) is 66.6 Å². The number of carbonyl (C=O) groups excluding carboxylic acids is 1. The summed E-state index contributed by atoms with van der Waals surface area (Å²) in [5.74, 6) is -1.14. The van der Waals surface area contributed by atoms with Gasteiger partial charge in [0.15, 0.2) is 0 Å². The molecule has 1 amide bonds. The van der Waals surface area contributed by atoms with Crippen molar-refractivity contribution in [2.75, 3.05) is 19.3 Å². The lowest BCUT2D eigenvalue weighted by atomic mass is 10.1. The Morgan fingerprint density at radius 1 is 1.53 bits per heavy atom. The molecule has 0 heterocycles. The molecule has 0 aromatic heterocycles.